The van der Waals surface area contributed by atoms with Crippen molar-refractivity contribution >= 4 is 31.9 Å². The lowest BCUT2D eigenvalue weighted by atomic mass is 9.97. The number of hydrogen-bond acceptors (Lipinski definition) is 3. The molecule has 0 amide bonds. The molecule has 8 heteroatoms. The van der Waals surface area contributed by atoms with Gasteiger partial charge >= 0.3 is 5.97 Å². The number of benzene rings is 1. The molecule has 1 aromatic carbocycles. The highest BCUT2D eigenvalue weighted by Crippen LogP contribution is 2.31. The highest BCUT2D eigenvalue weighted by molar-refractivity contribution is 9.10. The third kappa shape index (κ3) is 3.81. The number of carboxylic acid groups (broad SMARTS) is 1. The number of sulfonamides is 1. The van der Waals surface area contributed by atoms with Crippen molar-refractivity contribution in [1.82, 2.24) is 4.72 Å². The summed E-state index contributed by atoms with van der Waals surface area (Å²) >= 11 is 3.06. The van der Waals surface area contributed by atoms with Crippen molar-refractivity contribution in [2.24, 2.45) is 11.8 Å². The number of carboxylic acids is 1. The van der Waals surface area contributed by atoms with E-state index in [1.54, 1.807) is 0 Å². The molecule has 116 valence electrons. The lowest BCUT2D eigenvalue weighted by molar-refractivity contribution is -0.142. The Bertz CT molecular complexity index is 650. The molecule has 2 atom stereocenters. The molecule has 1 fully saturated rings. The first-order valence-electron chi connectivity index (χ1n) is 6.49. The minimum atomic E-state index is -3.98. The highest BCUT2D eigenvalue weighted by Gasteiger charge is 2.33. The fourth-order valence-corrected chi connectivity index (χ4v) is 4.08. The quantitative estimate of drug-likeness (QED) is 0.822. The minimum Gasteiger partial charge on any atom is -0.481 e. The summed E-state index contributed by atoms with van der Waals surface area (Å²) in [6.07, 6.45) is 1.96. The van der Waals surface area contributed by atoms with Gasteiger partial charge in [0, 0.05) is 11.0 Å². The molecule has 1 aliphatic rings. The molecule has 0 saturated heterocycles. The van der Waals surface area contributed by atoms with Crippen LogP contribution in [0.3, 0.4) is 0 Å². The van der Waals surface area contributed by atoms with Crippen LogP contribution >= 0.6 is 15.9 Å². The molecule has 2 rings (SSSR count). The van der Waals surface area contributed by atoms with Crippen LogP contribution in [0.5, 0.6) is 0 Å². The van der Waals surface area contributed by atoms with Crippen molar-refractivity contribution < 1.29 is 22.7 Å². The molecule has 21 heavy (non-hydrogen) atoms. The van der Waals surface area contributed by atoms with Crippen molar-refractivity contribution in [1.29, 1.82) is 0 Å². The third-order valence-corrected chi connectivity index (χ3v) is 5.65. The van der Waals surface area contributed by atoms with Crippen molar-refractivity contribution in [2.75, 3.05) is 6.54 Å². The molecule has 0 heterocycles. The van der Waals surface area contributed by atoms with E-state index in [0.29, 0.717) is 17.3 Å². The van der Waals surface area contributed by atoms with E-state index in [1.165, 1.54) is 12.1 Å². The Hall–Kier alpha value is -0.990. The number of carbonyl (C=O) groups is 1. The van der Waals surface area contributed by atoms with Crippen LogP contribution in [0.15, 0.2) is 27.6 Å². The average Bonchev–Trinajstić information content (AvgIpc) is 2.84. The van der Waals surface area contributed by atoms with Gasteiger partial charge in [-0.25, -0.2) is 17.5 Å². The molecule has 0 radical (unpaired) electrons. The lowest BCUT2D eigenvalue weighted by Gasteiger charge is -2.16. The SMILES string of the molecule is O=C(O)C1CCCC1CNS(=O)(=O)c1ccc(Br)cc1F. The second-order valence-corrected chi connectivity index (χ2v) is 7.71. The zero-order valence-electron chi connectivity index (χ0n) is 11.1. The third-order valence-electron chi connectivity index (χ3n) is 3.70. The van der Waals surface area contributed by atoms with Gasteiger partial charge in [0.1, 0.15) is 10.7 Å². The van der Waals surface area contributed by atoms with Gasteiger partial charge in [0.05, 0.1) is 5.92 Å². The Morgan fingerprint density at radius 1 is 1.43 bits per heavy atom. The Morgan fingerprint density at radius 3 is 2.76 bits per heavy atom. The molecular weight excluding hydrogens is 365 g/mol. The Balaban J connectivity index is 2.09. The molecule has 1 aromatic rings. The van der Waals surface area contributed by atoms with E-state index in [4.69, 9.17) is 5.11 Å². The van der Waals surface area contributed by atoms with Crippen LogP contribution < -0.4 is 4.72 Å². The van der Waals surface area contributed by atoms with E-state index in [-0.39, 0.29) is 12.5 Å². The molecule has 1 saturated carbocycles. The second-order valence-electron chi connectivity index (χ2n) is 5.06. The molecule has 0 bridgehead atoms. The summed E-state index contributed by atoms with van der Waals surface area (Å²) in [5.41, 5.74) is 0. The summed E-state index contributed by atoms with van der Waals surface area (Å²) in [5, 5.41) is 9.06. The number of aliphatic carboxylic acids is 1. The minimum absolute atomic E-state index is 0.00873. The maximum atomic E-state index is 13.7. The topological polar surface area (TPSA) is 83.5 Å². The maximum Gasteiger partial charge on any atom is 0.306 e. The van der Waals surface area contributed by atoms with Gasteiger partial charge in [0.25, 0.3) is 0 Å². The number of rotatable bonds is 5. The lowest BCUT2D eigenvalue weighted by Crippen LogP contribution is -2.33. The number of hydrogen-bond donors (Lipinski definition) is 2. The molecule has 1 aliphatic carbocycles. The van der Waals surface area contributed by atoms with Crippen LogP contribution in [0.2, 0.25) is 0 Å². The molecular formula is C13H15BrFNO4S. The van der Waals surface area contributed by atoms with Crippen molar-refractivity contribution in [3.8, 4) is 0 Å². The van der Waals surface area contributed by atoms with E-state index in [9.17, 15) is 17.6 Å². The summed E-state index contributed by atoms with van der Waals surface area (Å²) in [4.78, 5) is 10.6. The average molecular weight is 380 g/mol. The van der Waals surface area contributed by atoms with Crippen LogP contribution in [-0.4, -0.2) is 26.0 Å². The second kappa shape index (κ2) is 6.41. The summed E-state index contributed by atoms with van der Waals surface area (Å²) < 4.78 is 40.6. The monoisotopic (exact) mass is 379 g/mol. The van der Waals surface area contributed by atoms with E-state index < -0.39 is 32.6 Å². The van der Waals surface area contributed by atoms with Gasteiger partial charge in [0.2, 0.25) is 10.0 Å². The van der Waals surface area contributed by atoms with E-state index in [1.807, 2.05) is 0 Å². The van der Waals surface area contributed by atoms with Gasteiger partial charge in [-0.05, 0) is 37.0 Å². The Labute approximate surface area is 130 Å². The van der Waals surface area contributed by atoms with Gasteiger partial charge < -0.3 is 5.11 Å². The summed E-state index contributed by atoms with van der Waals surface area (Å²) in [7, 11) is -3.98. The summed E-state index contributed by atoms with van der Waals surface area (Å²) in [6, 6.07) is 3.68. The molecule has 5 nitrogen and oxygen atoms in total. The van der Waals surface area contributed by atoms with Crippen LogP contribution in [0.1, 0.15) is 19.3 Å². The first kappa shape index (κ1) is 16.4. The van der Waals surface area contributed by atoms with Crippen molar-refractivity contribution in [3.05, 3.63) is 28.5 Å². The van der Waals surface area contributed by atoms with Crippen molar-refractivity contribution in [3.63, 3.8) is 0 Å². The number of halogens is 2. The van der Waals surface area contributed by atoms with Crippen LogP contribution in [0, 0.1) is 17.7 Å². The maximum absolute atomic E-state index is 13.7. The van der Waals surface area contributed by atoms with Crippen LogP contribution in [0.25, 0.3) is 0 Å². The highest BCUT2D eigenvalue weighted by atomic mass is 79.9. The Morgan fingerprint density at radius 2 is 2.14 bits per heavy atom. The van der Waals surface area contributed by atoms with E-state index in [2.05, 4.69) is 20.7 Å². The summed E-state index contributed by atoms with van der Waals surface area (Å²) in [5.74, 6) is -2.55. The smallest absolute Gasteiger partial charge is 0.306 e. The fourth-order valence-electron chi connectivity index (χ4n) is 2.59. The van der Waals surface area contributed by atoms with Crippen molar-refractivity contribution in [2.45, 2.75) is 24.2 Å². The van der Waals surface area contributed by atoms with E-state index >= 15 is 0 Å². The Kier molecular flexibility index (Phi) is 5.00. The standard InChI is InChI=1S/C13H15BrFNO4S/c14-9-4-5-12(11(15)6-9)21(19,20)16-7-8-2-1-3-10(8)13(17)18/h4-6,8,10,16H,1-3,7H2,(H,17,18). The normalized spacial score (nSPS) is 22.4. The van der Waals surface area contributed by atoms with Crippen LogP contribution in [-0.2, 0) is 14.8 Å². The molecule has 0 spiro atoms. The van der Waals surface area contributed by atoms with Gasteiger partial charge in [0.15, 0.2) is 0 Å². The summed E-state index contributed by atoms with van der Waals surface area (Å²) in [6.45, 7) is 0.00873. The predicted octanol–water partition coefficient (Wildman–Crippen LogP) is 2.37. The molecule has 2 unspecified atom stereocenters. The predicted molar refractivity (Wildman–Crippen MR) is 77.8 cm³/mol. The van der Waals surface area contributed by atoms with E-state index in [0.717, 1.165) is 12.5 Å². The van der Waals surface area contributed by atoms with Gasteiger partial charge in [-0.1, -0.05) is 22.4 Å². The first-order valence-corrected chi connectivity index (χ1v) is 8.76. The largest absolute Gasteiger partial charge is 0.481 e. The molecule has 0 aromatic heterocycles. The zero-order valence-corrected chi connectivity index (χ0v) is 13.5. The van der Waals surface area contributed by atoms with Gasteiger partial charge in [-0.2, -0.15) is 0 Å². The van der Waals surface area contributed by atoms with Crippen LogP contribution in [0.4, 0.5) is 4.39 Å². The molecule has 2 N–H and O–H groups in total. The fraction of sp³-hybridized carbons (Fsp3) is 0.462. The zero-order chi connectivity index (χ0) is 15.6. The number of nitrogens with one attached hydrogen (secondary N) is 1. The van der Waals surface area contributed by atoms with Gasteiger partial charge in [-0.3, -0.25) is 4.79 Å². The first-order chi connectivity index (χ1) is 9.81. The molecule has 0 aliphatic heterocycles. The van der Waals surface area contributed by atoms with Gasteiger partial charge in [-0.15, -0.1) is 0 Å².